The number of benzene rings is 4. The van der Waals surface area contributed by atoms with Gasteiger partial charge in [-0.3, -0.25) is 14.5 Å². The van der Waals surface area contributed by atoms with Crippen molar-refractivity contribution in [2.24, 2.45) is 0 Å². The van der Waals surface area contributed by atoms with Gasteiger partial charge in [-0.1, -0.05) is 66.4 Å². The molecule has 1 heterocycles. The molecule has 1 fully saturated rings. The lowest BCUT2D eigenvalue weighted by Gasteiger charge is -2.17. The number of thiocarbonyl (C=S) groups is 1. The molecule has 40 heavy (non-hydrogen) atoms. The molecule has 0 unspecified atom stereocenters. The number of hydrogen-bond donors (Lipinski definition) is 1. The van der Waals surface area contributed by atoms with Crippen molar-refractivity contribution in [3.63, 3.8) is 0 Å². The van der Waals surface area contributed by atoms with Gasteiger partial charge >= 0.3 is 0 Å². The van der Waals surface area contributed by atoms with Crippen molar-refractivity contribution in [3.05, 3.63) is 98.9 Å². The second-order valence-electron chi connectivity index (χ2n) is 9.18. The van der Waals surface area contributed by atoms with E-state index in [0.717, 1.165) is 37.6 Å². The molecule has 6 nitrogen and oxygen atoms in total. The van der Waals surface area contributed by atoms with Crippen LogP contribution in [0.1, 0.15) is 16.7 Å². The normalized spacial score (nSPS) is 14.2. The molecule has 4 aromatic carbocycles. The van der Waals surface area contributed by atoms with Crippen LogP contribution in [0.3, 0.4) is 0 Å². The number of ether oxygens (including phenoxy) is 2. The van der Waals surface area contributed by atoms with Crippen molar-refractivity contribution >= 4 is 84.3 Å². The van der Waals surface area contributed by atoms with Crippen LogP contribution >= 0.6 is 39.9 Å². The van der Waals surface area contributed by atoms with Gasteiger partial charge < -0.3 is 14.8 Å². The Hall–Kier alpha value is -3.66. The number of carbonyl (C=O) groups is 2. The number of carbonyl (C=O) groups excluding carboxylic acids is 2. The second kappa shape index (κ2) is 11.8. The Labute approximate surface area is 250 Å². The number of nitrogens with zero attached hydrogens (tertiary/aromatic N) is 1. The van der Waals surface area contributed by atoms with Gasteiger partial charge in [0.1, 0.15) is 0 Å². The first-order chi connectivity index (χ1) is 19.2. The highest BCUT2D eigenvalue weighted by molar-refractivity contribution is 9.10. The van der Waals surface area contributed by atoms with Crippen molar-refractivity contribution in [1.29, 1.82) is 0 Å². The minimum atomic E-state index is -0.299. The third kappa shape index (κ3) is 5.77. The number of nitrogens with one attached hydrogen (secondary N) is 1. The molecular formula is C31H25BrN2O4S2. The van der Waals surface area contributed by atoms with Gasteiger partial charge in [0.05, 0.1) is 23.4 Å². The van der Waals surface area contributed by atoms with Gasteiger partial charge in [-0.15, -0.1) is 0 Å². The third-order valence-corrected chi connectivity index (χ3v) is 8.46. The molecule has 1 aliphatic heterocycles. The van der Waals surface area contributed by atoms with Gasteiger partial charge in [-0.05, 0) is 88.3 Å². The summed E-state index contributed by atoms with van der Waals surface area (Å²) in [5.41, 5.74) is 4.38. The SMILES string of the molecule is COc1cc(/C=C2\SC(=S)N(c3cccc4ccccc34)C2=O)ccc1OCC(=O)Nc1cc(C)c(C)cc1Br. The summed E-state index contributed by atoms with van der Waals surface area (Å²) in [7, 11) is 1.53. The summed E-state index contributed by atoms with van der Waals surface area (Å²) in [6.45, 7) is 3.80. The van der Waals surface area contributed by atoms with Gasteiger partial charge in [-0.25, -0.2) is 0 Å². The van der Waals surface area contributed by atoms with E-state index in [-0.39, 0.29) is 18.4 Å². The van der Waals surface area contributed by atoms with Crippen LogP contribution in [0.5, 0.6) is 11.5 Å². The number of thioether (sulfide) groups is 1. The van der Waals surface area contributed by atoms with Crippen molar-refractivity contribution in [2.75, 3.05) is 23.9 Å². The quantitative estimate of drug-likeness (QED) is 0.167. The predicted octanol–water partition coefficient (Wildman–Crippen LogP) is 7.65. The van der Waals surface area contributed by atoms with E-state index in [1.165, 1.54) is 18.9 Å². The van der Waals surface area contributed by atoms with Gasteiger partial charge in [0.25, 0.3) is 11.8 Å². The zero-order chi connectivity index (χ0) is 28.4. The average molecular weight is 634 g/mol. The molecule has 0 aliphatic carbocycles. The maximum atomic E-state index is 13.4. The number of fused-ring (bicyclic) bond motifs is 1. The average Bonchev–Trinajstić information content (AvgIpc) is 3.22. The topological polar surface area (TPSA) is 67.9 Å². The van der Waals surface area contributed by atoms with E-state index >= 15 is 0 Å². The van der Waals surface area contributed by atoms with Gasteiger partial charge in [-0.2, -0.15) is 0 Å². The van der Waals surface area contributed by atoms with E-state index in [4.69, 9.17) is 21.7 Å². The third-order valence-electron chi connectivity index (χ3n) is 6.50. The minimum Gasteiger partial charge on any atom is -0.493 e. The molecule has 202 valence electrons. The molecule has 0 radical (unpaired) electrons. The first kappa shape index (κ1) is 27.9. The Balaban J connectivity index is 1.31. The van der Waals surface area contributed by atoms with E-state index in [2.05, 4.69) is 21.2 Å². The lowest BCUT2D eigenvalue weighted by Crippen LogP contribution is -2.27. The lowest BCUT2D eigenvalue weighted by atomic mass is 10.1. The molecule has 5 rings (SSSR count). The van der Waals surface area contributed by atoms with E-state index in [0.29, 0.717) is 26.4 Å². The van der Waals surface area contributed by atoms with Crippen LogP contribution in [0.25, 0.3) is 16.8 Å². The predicted molar refractivity (Wildman–Crippen MR) is 170 cm³/mol. The molecule has 9 heteroatoms. The van der Waals surface area contributed by atoms with Crippen LogP contribution in [0.15, 0.2) is 82.2 Å². The monoisotopic (exact) mass is 632 g/mol. The van der Waals surface area contributed by atoms with E-state index < -0.39 is 0 Å². The minimum absolute atomic E-state index is 0.181. The molecule has 1 aliphatic rings. The summed E-state index contributed by atoms with van der Waals surface area (Å²) in [5, 5.41) is 4.86. The molecule has 1 N–H and O–H groups in total. The summed E-state index contributed by atoms with van der Waals surface area (Å²) < 4.78 is 12.6. The number of amides is 2. The molecule has 2 amide bonds. The largest absolute Gasteiger partial charge is 0.493 e. The fourth-order valence-corrected chi connectivity index (χ4v) is 6.17. The Kier molecular flexibility index (Phi) is 8.25. The van der Waals surface area contributed by atoms with Gasteiger partial charge in [0, 0.05) is 9.86 Å². The van der Waals surface area contributed by atoms with Crippen molar-refractivity contribution < 1.29 is 19.1 Å². The Morgan fingerprint density at radius 3 is 2.58 bits per heavy atom. The van der Waals surface area contributed by atoms with Crippen molar-refractivity contribution in [2.45, 2.75) is 13.8 Å². The van der Waals surface area contributed by atoms with Gasteiger partial charge in [0.15, 0.2) is 22.4 Å². The smallest absolute Gasteiger partial charge is 0.270 e. The first-order valence-corrected chi connectivity index (χ1v) is 14.4. The van der Waals surface area contributed by atoms with Crippen LogP contribution in [-0.2, 0) is 9.59 Å². The zero-order valence-electron chi connectivity index (χ0n) is 22.0. The second-order valence-corrected chi connectivity index (χ2v) is 11.7. The molecule has 0 bridgehead atoms. The summed E-state index contributed by atoms with van der Waals surface area (Å²) in [4.78, 5) is 28.1. The van der Waals surface area contributed by atoms with Crippen LogP contribution < -0.4 is 19.7 Å². The summed E-state index contributed by atoms with van der Waals surface area (Å²) >= 11 is 10.3. The molecule has 0 atom stereocenters. The number of hydrogen-bond acceptors (Lipinski definition) is 6. The molecule has 0 saturated carbocycles. The van der Waals surface area contributed by atoms with Crippen LogP contribution in [0.2, 0.25) is 0 Å². The maximum absolute atomic E-state index is 13.4. The van der Waals surface area contributed by atoms with Crippen molar-refractivity contribution in [3.8, 4) is 11.5 Å². The summed E-state index contributed by atoms with van der Waals surface area (Å²) in [6.07, 6.45) is 1.78. The van der Waals surface area contributed by atoms with Crippen LogP contribution in [0, 0.1) is 13.8 Å². The highest BCUT2D eigenvalue weighted by atomic mass is 79.9. The van der Waals surface area contributed by atoms with E-state index in [1.807, 2.05) is 68.4 Å². The van der Waals surface area contributed by atoms with E-state index in [1.54, 1.807) is 29.2 Å². The van der Waals surface area contributed by atoms with Crippen LogP contribution in [-0.4, -0.2) is 29.9 Å². The number of rotatable bonds is 7. The lowest BCUT2D eigenvalue weighted by molar-refractivity contribution is -0.118. The molecule has 1 saturated heterocycles. The molecular weight excluding hydrogens is 608 g/mol. The fraction of sp³-hybridized carbons (Fsp3) is 0.129. The van der Waals surface area contributed by atoms with Gasteiger partial charge in [0.2, 0.25) is 0 Å². The van der Waals surface area contributed by atoms with E-state index in [9.17, 15) is 9.59 Å². The molecule has 4 aromatic rings. The van der Waals surface area contributed by atoms with Crippen LogP contribution in [0.4, 0.5) is 11.4 Å². The number of methoxy groups -OCH3 is 1. The number of aryl methyl sites for hydroxylation is 2. The zero-order valence-corrected chi connectivity index (χ0v) is 25.2. The molecule has 0 aromatic heterocycles. The fourth-order valence-electron chi connectivity index (χ4n) is 4.33. The standard InChI is InChI=1S/C31H25BrN2O4S2/c1-18-13-23(32)24(14-19(18)2)33-29(35)17-38-26-12-11-20(15-27(26)37-3)16-28-30(36)34(31(39)40-28)25-10-6-8-21-7-4-5-9-22(21)25/h4-16H,17H2,1-3H3,(H,33,35)/b28-16-. The highest BCUT2D eigenvalue weighted by Crippen LogP contribution is 2.39. The van der Waals surface area contributed by atoms with Crippen molar-refractivity contribution in [1.82, 2.24) is 0 Å². The molecule has 0 spiro atoms. The maximum Gasteiger partial charge on any atom is 0.270 e. The summed E-state index contributed by atoms with van der Waals surface area (Å²) in [5.74, 6) is 0.378. The highest BCUT2D eigenvalue weighted by Gasteiger charge is 2.34. The Morgan fingerprint density at radius 2 is 1.77 bits per heavy atom. The number of anilines is 2. The Morgan fingerprint density at radius 1 is 1.02 bits per heavy atom. The first-order valence-electron chi connectivity index (χ1n) is 12.4. The summed E-state index contributed by atoms with van der Waals surface area (Å²) in [6, 6.07) is 22.9. The Bertz CT molecular complexity index is 1700. The number of halogens is 1.